The molecule has 0 bridgehead atoms. The van der Waals surface area contributed by atoms with Gasteiger partial charge in [-0.2, -0.15) is 0 Å². The minimum Gasteiger partial charge on any atom is -0.457 e. The summed E-state index contributed by atoms with van der Waals surface area (Å²) in [4.78, 5) is 6.79. The predicted molar refractivity (Wildman–Crippen MR) is 114 cm³/mol. The van der Waals surface area contributed by atoms with Gasteiger partial charge in [-0.05, 0) is 108 Å². The molecule has 0 radical (unpaired) electrons. The molecule has 0 aliphatic heterocycles. The van der Waals surface area contributed by atoms with Gasteiger partial charge in [0, 0.05) is 21.1 Å². The standard InChI is InChI=1S/C19H22BrIN2O/c1-5-23(6-2)12-22-18-9-14(4)19(10-13(18)3)24-15-7-8-17(21)16(20)11-15/h7-12H,5-6H2,1-4H3. The molecule has 2 aromatic rings. The Kier molecular flexibility index (Phi) is 7.10. The van der Waals surface area contributed by atoms with Gasteiger partial charge in [-0.25, -0.2) is 4.99 Å². The molecular formula is C19H22BrIN2O. The van der Waals surface area contributed by atoms with Gasteiger partial charge in [0.1, 0.15) is 11.5 Å². The lowest BCUT2D eigenvalue weighted by Gasteiger charge is -2.15. The van der Waals surface area contributed by atoms with Crippen molar-refractivity contribution in [3.8, 4) is 11.5 Å². The summed E-state index contributed by atoms with van der Waals surface area (Å²) in [5.74, 6) is 1.69. The monoisotopic (exact) mass is 500 g/mol. The lowest BCUT2D eigenvalue weighted by atomic mass is 10.1. The van der Waals surface area contributed by atoms with E-state index >= 15 is 0 Å². The first-order valence-corrected chi connectivity index (χ1v) is 9.84. The Morgan fingerprint density at radius 3 is 2.46 bits per heavy atom. The molecule has 0 atom stereocenters. The summed E-state index contributed by atoms with van der Waals surface area (Å²) in [7, 11) is 0. The third kappa shape index (κ3) is 4.96. The van der Waals surface area contributed by atoms with Crippen LogP contribution in [0.4, 0.5) is 5.69 Å². The molecule has 0 spiro atoms. The fraction of sp³-hybridized carbons (Fsp3) is 0.316. The number of ether oxygens (including phenoxy) is 1. The highest BCUT2D eigenvalue weighted by Crippen LogP contribution is 2.33. The molecule has 5 heteroatoms. The molecule has 0 aromatic heterocycles. The van der Waals surface area contributed by atoms with E-state index in [1.54, 1.807) is 0 Å². The van der Waals surface area contributed by atoms with Crippen LogP contribution in [0.3, 0.4) is 0 Å². The molecule has 0 fully saturated rings. The topological polar surface area (TPSA) is 24.8 Å². The molecule has 0 heterocycles. The van der Waals surface area contributed by atoms with Gasteiger partial charge in [-0.3, -0.25) is 0 Å². The number of aryl methyl sites for hydroxylation is 2. The molecule has 0 aliphatic carbocycles. The summed E-state index contributed by atoms with van der Waals surface area (Å²) >= 11 is 5.83. The first-order chi connectivity index (χ1) is 11.4. The van der Waals surface area contributed by atoms with E-state index in [9.17, 15) is 0 Å². The fourth-order valence-electron chi connectivity index (χ4n) is 2.22. The molecule has 3 nitrogen and oxygen atoms in total. The highest BCUT2D eigenvalue weighted by atomic mass is 127. The van der Waals surface area contributed by atoms with Gasteiger partial charge in [-0.1, -0.05) is 0 Å². The maximum atomic E-state index is 6.05. The van der Waals surface area contributed by atoms with Gasteiger partial charge in [0.05, 0.1) is 12.0 Å². The second-order valence-electron chi connectivity index (χ2n) is 5.55. The fourth-order valence-corrected chi connectivity index (χ4v) is 2.91. The molecule has 0 saturated heterocycles. The molecule has 0 aliphatic rings. The van der Waals surface area contributed by atoms with E-state index in [0.717, 1.165) is 49.4 Å². The SMILES string of the molecule is CCN(C=Nc1cc(C)c(Oc2ccc(I)c(Br)c2)cc1C)CC. The van der Waals surface area contributed by atoms with Crippen LogP contribution in [0.15, 0.2) is 39.8 Å². The minimum absolute atomic E-state index is 0.823. The Hall–Kier alpha value is -1.08. The molecule has 128 valence electrons. The summed E-state index contributed by atoms with van der Waals surface area (Å²) in [6.07, 6.45) is 1.92. The Labute approximate surface area is 166 Å². The zero-order valence-corrected chi connectivity index (χ0v) is 18.2. The van der Waals surface area contributed by atoms with Crippen molar-refractivity contribution in [3.63, 3.8) is 0 Å². The first kappa shape index (κ1) is 19.2. The van der Waals surface area contributed by atoms with Crippen molar-refractivity contribution in [1.29, 1.82) is 0 Å². The molecule has 2 rings (SSSR count). The van der Waals surface area contributed by atoms with Gasteiger partial charge in [0.2, 0.25) is 0 Å². The lowest BCUT2D eigenvalue weighted by molar-refractivity contribution is 0.477. The van der Waals surface area contributed by atoms with Gasteiger partial charge >= 0.3 is 0 Å². The number of halogens is 2. The van der Waals surface area contributed by atoms with Crippen LogP contribution in [0, 0.1) is 17.4 Å². The largest absolute Gasteiger partial charge is 0.457 e. The molecule has 24 heavy (non-hydrogen) atoms. The summed E-state index contributed by atoms with van der Waals surface area (Å²) in [5, 5.41) is 0. The number of benzene rings is 2. The quantitative estimate of drug-likeness (QED) is 0.258. The number of nitrogens with zero attached hydrogens (tertiary/aromatic N) is 2. The van der Waals surface area contributed by atoms with Gasteiger partial charge < -0.3 is 9.64 Å². The normalized spacial score (nSPS) is 11.1. The second-order valence-corrected chi connectivity index (χ2v) is 7.56. The maximum Gasteiger partial charge on any atom is 0.130 e. The molecule has 0 N–H and O–H groups in total. The van der Waals surface area contributed by atoms with Gasteiger partial charge in [0.15, 0.2) is 0 Å². The van der Waals surface area contributed by atoms with Crippen molar-refractivity contribution in [2.45, 2.75) is 27.7 Å². The summed E-state index contributed by atoms with van der Waals surface area (Å²) in [6.45, 7) is 10.3. The summed E-state index contributed by atoms with van der Waals surface area (Å²) in [5.41, 5.74) is 3.15. The van der Waals surface area contributed by atoms with Crippen LogP contribution in [0.1, 0.15) is 25.0 Å². The molecule has 0 unspecified atom stereocenters. The van der Waals surface area contributed by atoms with Crippen LogP contribution in [-0.2, 0) is 0 Å². The number of hydrogen-bond acceptors (Lipinski definition) is 2. The van der Waals surface area contributed by atoms with Crippen molar-refractivity contribution >= 4 is 50.5 Å². The average Bonchev–Trinajstić information content (AvgIpc) is 2.56. The Balaban J connectivity index is 2.24. The predicted octanol–water partition coefficient (Wildman–Crippen LogP) is 6.46. The van der Waals surface area contributed by atoms with E-state index in [4.69, 9.17) is 4.74 Å². The van der Waals surface area contributed by atoms with Gasteiger partial charge in [0.25, 0.3) is 0 Å². The van der Waals surface area contributed by atoms with Crippen molar-refractivity contribution in [2.75, 3.05) is 13.1 Å². The second kappa shape index (κ2) is 8.85. The van der Waals surface area contributed by atoms with Crippen LogP contribution >= 0.6 is 38.5 Å². The zero-order chi connectivity index (χ0) is 17.7. The number of hydrogen-bond donors (Lipinski definition) is 0. The van der Waals surface area contributed by atoms with Gasteiger partial charge in [-0.15, -0.1) is 0 Å². The third-order valence-electron chi connectivity index (χ3n) is 3.78. The van der Waals surface area contributed by atoms with E-state index in [2.05, 4.69) is 81.3 Å². The van der Waals surface area contributed by atoms with E-state index < -0.39 is 0 Å². The molecule has 0 amide bonds. The Bertz CT molecular complexity index is 742. The van der Waals surface area contributed by atoms with Crippen LogP contribution < -0.4 is 4.74 Å². The van der Waals surface area contributed by atoms with Crippen LogP contribution in [-0.4, -0.2) is 24.3 Å². The Morgan fingerprint density at radius 1 is 1.12 bits per heavy atom. The first-order valence-electron chi connectivity index (χ1n) is 7.97. The highest BCUT2D eigenvalue weighted by Gasteiger charge is 2.08. The van der Waals surface area contributed by atoms with Crippen LogP contribution in [0.2, 0.25) is 0 Å². The van der Waals surface area contributed by atoms with E-state index in [0.29, 0.717) is 0 Å². The van der Waals surface area contributed by atoms with Crippen molar-refractivity contribution in [1.82, 2.24) is 4.90 Å². The minimum atomic E-state index is 0.823. The molecule has 2 aromatic carbocycles. The number of aliphatic imine (C=N–C) groups is 1. The maximum absolute atomic E-state index is 6.05. The smallest absolute Gasteiger partial charge is 0.130 e. The molecule has 0 saturated carbocycles. The van der Waals surface area contributed by atoms with E-state index in [1.165, 1.54) is 0 Å². The lowest BCUT2D eigenvalue weighted by Crippen LogP contribution is -2.20. The summed E-state index contributed by atoms with van der Waals surface area (Å²) < 4.78 is 8.25. The highest BCUT2D eigenvalue weighted by molar-refractivity contribution is 14.1. The van der Waals surface area contributed by atoms with E-state index in [-0.39, 0.29) is 0 Å². The Morgan fingerprint density at radius 2 is 1.83 bits per heavy atom. The summed E-state index contributed by atoms with van der Waals surface area (Å²) in [6, 6.07) is 10.1. The zero-order valence-electron chi connectivity index (χ0n) is 14.4. The third-order valence-corrected chi connectivity index (χ3v) is 6.12. The number of rotatable bonds is 6. The van der Waals surface area contributed by atoms with Crippen LogP contribution in [0.5, 0.6) is 11.5 Å². The molecular weight excluding hydrogens is 479 g/mol. The van der Waals surface area contributed by atoms with Crippen molar-refractivity contribution in [2.24, 2.45) is 4.99 Å². The average molecular weight is 501 g/mol. The van der Waals surface area contributed by atoms with Crippen LogP contribution in [0.25, 0.3) is 0 Å². The van der Waals surface area contributed by atoms with Crippen molar-refractivity contribution < 1.29 is 4.74 Å². The van der Waals surface area contributed by atoms with E-state index in [1.807, 2.05) is 31.5 Å². The van der Waals surface area contributed by atoms with Crippen molar-refractivity contribution in [3.05, 3.63) is 49.5 Å².